The summed E-state index contributed by atoms with van der Waals surface area (Å²) in [7, 11) is 0. The molecule has 26 heavy (non-hydrogen) atoms. The third kappa shape index (κ3) is 3.23. The molecule has 134 valence electrons. The summed E-state index contributed by atoms with van der Waals surface area (Å²) in [6, 6.07) is 10.7. The quantitative estimate of drug-likeness (QED) is 0.403. The summed E-state index contributed by atoms with van der Waals surface area (Å²) in [5.74, 6) is -0.565. The number of aromatic hydroxyl groups is 1. The van der Waals surface area contributed by atoms with E-state index in [9.17, 15) is 20.0 Å². The molecule has 7 nitrogen and oxygen atoms in total. The molecule has 0 aliphatic heterocycles. The van der Waals surface area contributed by atoms with Gasteiger partial charge in [0.05, 0.1) is 16.9 Å². The number of nitrogens with zero attached hydrogens (tertiary/aromatic N) is 1. The predicted octanol–water partition coefficient (Wildman–Crippen LogP) is 4.25. The largest absolute Gasteiger partial charge is 0.502 e. The molecule has 0 spiro atoms. The number of rotatable bonds is 6. The molecule has 3 rings (SSSR count). The van der Waals surface area contributed by atoms with Crippen molar-refractivity contribution in [3.05, 3.63) is 62.8 Å². The van der Waals surface area contributed by atoms with Crippen LogP contribution < -0.4 is 10.2 Å². The van der Waals surface area contributed by atoms with Gasteiger partial charge in [0.25, 0.3) is 0 Å². The molecule has 2 aromatic carbocycles. The van der Waals surface area contributed by atoms with Crippen molar-refractivity contribution < 1.29 is 19.2 Å². The summed E-state index contributed by atoms with van der Waals surface area (Å²) in [6.07, 6.45) is 1.68. The second-order valence-corrected chi connectivity index (χ2v) is 5.75. The van der Waals surface area contributed by atoms with E-state index in [1.807, 2.05) is 6.92 Å². The third-order valence-corrected chi connectivity index (χ3v) is 3.95. The van der Waals surface area contributed by atoms with Crippen LogP contribution in [-0.4, -0.2) is 16.6 Å². The lowest BCUT2D eigenvalue weighted by molar-refractivity contribution is -0.385. The number of fused-ring (bicyclic) bond motifs is 1. The summed E-state index contributed by atoms with van der Waals surface area (Å²) in [5.41, 5.74) is -0.335. The van der Waals surface area contributed by atoms with Crippen LogP contribution in [0.3, 0.4) is 0 Å². The Morgan fingerprint density at radius 1 is 1.23 bits per heavy atom. The van der Waals surface area contributed by atoms with Gasteiger partial charge in [-0.15, -0.1) is 0 Å². The van der Waals surface area contributed by atoms with Crippen LogP contribution in [0, 0.1) is 10.1 Å². The highest BCUT2D eigenvalue weighted by atomic mass is 16.6. The molecule has 0 unspecified atom stereocenters. The second-order valence-electron chi connectivity index (χ2n) is 5.75. The van der Waals surface area contributed by atoms with Crippen LogP contribution in [-0.2, 0) is 0 Å². The molecule has 0 atom stereocenters. The van der Waals surface area contributed by atoms with Crippen LogP contribution in [0.2, 0.25) is 0 Å². The van der Waals surface area contributed by atoms with Crippen LogP contribution in [0.1, 0.15) is 19.8 Å². The number of para-hydroxylation sites is 1. The molecule has 1 heterocycles. The standard InChI is InChI=1S/C19H17NO6/c1-2-3-10-25-16-9-8-12(11-14(16)20(23)24)19-18(22)17(21)13-6-4-5-7-15(13)26-19/h4-9,11,22H,2-3,10H2,1H3. The van der Waals surface area contributed by atoms with E-state index in [1.165, 1.54) is 24.3 Å². The maximum atomic E-state index is 12.3. The minimum atomic E-state index is -0.590. The number of nitro groups is 1. The Morgan fingerprint density at radius 2 is 2.00 bits per heavy atom. The average molecular weight is 355 g/mol. The van der Waals surface area contributed by atoms with Gasteiger partial charge in [-0.05, 0) is 30.7 Å². The molecule has 0 radical (unpaired) electrons. The Bertz CT molecular complexity index is 1020. The number of unbranched alkanes of at least 4 members (excludes halogenated alkanes) is 1. The number of benzene rings is 2. The highest BCUT2D eigenvalue weighted by molar-refractivity contribution is 5.82. The number of hydrogen-bond donors (Lipinski definition) is 1. The van der Waals surface area contributed by atoms with Gasteiger partial charge in [0.1, 0.15) is 5.58 Å². The molecule has 1 N–H and O–H groups in total. The first-order chi connectivity index (χ1) is 12.5. The van der Waals surface area contributed by atoms with Crippen LogP contribution in [0.15, 0.2) is 51.7 Å². The first-order valence-electron chi connectivity index (χ1n) is 8.19. The van der Waals surface area contributed by atoms with Gasteiger partial charge in [-0.1, -0.05) is 25.5 Å². The summed E-state index contributed by atoms with van der Waals surface area (Å²) in [6.45, 7) is 2.36. The topological polar surface area (TPSA) is 103 Å². The lowest BCUT2D eigenvalue weighted by Crippen LogP contribution is -2.03. The van der Waals surface area contributed by atoms with Crippen molar-refractivity contribution in [2.24, 2.45) is 0 Å². The average Bonchev–Trinajstić information content (AvgIpc) is 2.65. The van der Waals surface area contributed by atoms with E-state index in [0.717, 1.165) is 12.8 Å². The fourth-order valence-corrected chi connectivity index (χ4v) is 2.58. The van der Waals surface area contributed by atoms with Crippen LogP contribution in [0.5, 0.6) is 11.5 Å². The van der Waals surface area contributed by atoms with E-state index in [0.29, 0.717) is 6.61 Å². The van der Waals surface area contributed by atoms with E-state index in [1.54, 1.807) is 18.2 Å². The van der Waals surface area contributed by atoms with E-state index in [4.69, 9.17) is 9.15 Å². The Hall–Kier alpha value is -3.35. The first-order valence-corrected chi connectivity index (χ1v) is 8.19. The summed E-state index contributed by atoms with van der Waals surface area (Å²) in [5, 5.41) is 21.8. The summed E-state index contributed by atoms with van der Waals surface area (Å²) < 4.78 is 11.1. The molecule has 3 aromatic rings. The zero-order chi connectivity index (χ0) is 18.7. The molecule has 0 aliphatic carbocycles. The van der Waals surface area contributed by atoms with Gasteiger partial charge < -0.3 is 14.3 Å². The SMILES string of the molecule is CCCCOc1ccc(-c2oc3ccccc3c(=O)c2O)cc1[N+](=O)[O-]. The lowest BCUT2D eigenvalue weighted by Gasteiger charge is -2.09. The Morgan fingerprint density at radius 3 is 2.73 bits per heavy atom. The molecule has 0 amide bonds. The van der Waals surface area contributed by atoms with E-state index < -0.39 is 16.1 Å². The van der Waals surface area contributed by atoms with Gasteiger partial charge in [0, 0.05) is 11.6 Å². The first kappa shape index (κ1) is 17.5. The molecule has 0 aliphatic rings. The van der Waals surface area contributed by atoms with E-state index in [2.05, 4.69) is 0 Å². The van der Waals surface area contributed by atoms with Crippen molar-refractivity contribution in [1.82, 2.24) is 0 Å². The number of nitro benzene ring substituents is 1. The minimum absolute atomic E-state index is 0.114. The lowest BCUT2D eigenvalue weighted by atomic mass is 10.1. The maximum absolute atomic E-state index is 12.3. The fourth-order valence-electron chi connectivity index (χ4n) is 2.58. The van der Waals surface area contributed by atoms with Crippen molar-refractivity contribution >= 4 is 16.7 Å². The van der Waals surface area contributed by atoms with Crippen molar-refractivity contribution in [2.75, 3.05) is 6.61 Å². The zero-order valence-electron chi connectivity index (χ0n) is 14.1. The Balaban J connectivity index is 2.11. The van der Waals surface area contributed by atoms with Crippen LogP contribution in [0.4, 0.5) is 5.69 Å². The molecule has 0 bridgehead atoms. The number of hydrogen-bond acceptors (Lipinski definition) is 6. The molecular weight excluding hydrogens is 338 g/mol. The van der Waals surface area contributed by atoms with E-state index in [-0.39, 0.29) is 33.7 Å². The van der Waals surface area contributed by atoms with Crippen LogP contribution >= 0.6 is 0 Å². The minimum Gasteiger partial charge on any atom is -0.502 e. The molecule has 0 fully saturated rings. The molecule has 7 heteroatoms. The molecule has 0 saturated carbocycles. The maximum Gasteiger partial charge on any atom is 0.311 e. The third-order valence-electron chi connectivity index (χ3n) is 3.95. The van der Waals surface area contributed by atoms with Gasteiger partial charge in [-0.25, -0.2) is 0 Å². The van der Waals surface area contributed by atoms with Crippen molar-refractivity contribution in [1.29, 1.82) is 0 Å². The normalized spacial score (nSPS) is 10.8. The number of ether oxygens (including phenoxy) is 1. The van der Waals surface area contributed by atoms with Gasteiger partial charge in [0.2, 0.25) is 11.2 Å². The second kappa shape index (κ2) is 7.26. The molecule has 1 aromatic heterocycles. The van der Waals surface area contributed by atoms with Crippen molar-refractivity contribution in [3.63, 3.8) is 0 Å². The van der Waals surface area contributed by atoms with Crippen molar-refractivity contribution in [2.45, 2.75) is 19.8 Å². The smallest absolute Gasteiger partial charge is 0.311 e. The summed E-state index contributed by atoms with van der Waals surface area (Å²) >= 11 is 0. The molecular formula is C19H17NO6. The molecule has 0 saturated heterocycles. The predicted molar refractivity (Wildman–Crippen MR) is 96.6 cm³/mol. The van der Waals surface area contributed by atoms with E-state index >= 15 is 0 Å². The highest BCUT2D eigenvalue weighted by Crippen LogP contribution is 2.36. The van der Waals surface area contributed by atoms with Gasteiger partial charge >= 0.3 is 5.69 Å². The monoisotopic (exact) mass is 355 g/mol. The fraction of sp³-hybridized carbons (Fsp3) is 0.211. The van der Waals surface area contributed by atoms with Gasteiger partial charge in [-0.3, -0.25) is 14.9 Å². The Kier molecular flexibility index (Phi) is 4.88. The van der Waals surface area contributed by atoms with Gasteiger partial charge in [-0.2, -0.15) is 0 Å². The van der Waals surface area contributed by atoms with Gasteiger partial charge in [0.15, 0.2) is 11.5 Å². The summed E-state index contributed by atoms with van der Waals surface area (Å²) in [4.78, 5) is 23.1. The Labute approximate surface area is 148 Å². The highest BCUT2D eigenvalue weighted by Gasteiger charge is 2.21. The van der Waals surface area contributed by atoms with Crippen molar-refractivity contribution in [3.8, 4) is 22.8 Å². The zero-order valence-corrected chi connectivity index (χ0v) is 14.1. The van der Waals surface area contributed by atoms with Crippen LogP contribution in [0.25, 0.3) is 22.3 Å².